The van der Waals surface area contributed by atoms with Crippen molar-refractivity contribution in [2.75, 3.05) is 13.1 Å². The minimum absolute atomic E-state index is 0.558. The minimum Gasteiger partial charge on any atom is -0.338 e. The highest BCUT2D eigenvalue weighted by molar-refractivity contribution is 4.96. The molecule has 1 aromatic rings. The van der Waals surface area contributed by atoms with Crippen molar-refractivity contribution in [1.82, 2.24) is 20.4 Å². The van der Waals surface area contributed by atoms with E-state index in [1.165, 1.54) is 12.8 Å². The first-order chi connectivity index (χ1) is 9.13. The molecule has 0 bridgehead atoms. The summed E-state index contributed by atoms with van der Waals surface area (Å²) in [6.07, 6.45) is 2.77. The highest BCUT2D eigenvalue weighted by Gasteiger charge is 2.38. The van der Waals surface area contributed by atoms with E-state index in [2.05, 4.69) is 34.2 Å². The van der Waals surface area contributed by atoms with Crippen molar-refractivity contribution in [3.8, 4) is 0 Å². The van der Waals surface area contributed by atoms with Gasteiger partial charge in [0.2, 0.25) is 5.89 Å². The summed E-state index contributed by atoms with van der Waals surface area (Å²) >= 11 is 0. The molecule has 1 aliphatic heterocycles. The molecule has 0 amide bonds. The molecule has 2 fully saturated rings. The van der Waals surface area contributed by atoms with Crippen molar-refractivity contribution >= 4 is 0 Å². The number of nitrogens with one attached hydrogen (secondary N) is 1. The lowest BCUT2D eigenvalue weighted by Crippen LogP contribution is -2.58. The number of rotatable bonds is 4. The van der Waals surface area contributed by atoms with E-state index in [0.29, 0.717) is 18.0 Å². The van der Waals surface area contributed by atoms with Gasteiger partial charge >= 0.3 is 0 Å². The predicted molar refractivity (Wildman–Crippen MR) is 72.6 cm³/mol. The van der Waals surface area contributed by atoms with Gasteiger partial charge in [-0.2, -0.15) is 4.98 Å². The summed E-state index contributed by atoms with van der Waals surface area (Å²) in [6, 6.07) is 1.21. The number of aryl methyl sites for hydroxylation is 1. The minimum atomic E-state index is 0.558. The first kappa shape index (κ1) is 13.1. The molecule has 106 valence electrons. The van der Waals surface area contributed by atoms with Gasteiger partial charge in [-0.05, 0) is 31.6 Å². The van der Waals surface area contributed by atoms with Crippen LogP contribution in [0.2, 0.25) is 0 Å². The molecule has 1 saturated heterocycles. The monoisotopic (exact) mass is 264 g/mol. The van der Waals surface area contributed by atoms with Crippen LogP contribution in [0.4, 0.5) is 0 Å². The largest absolute Gasteiger partial charge is 0.338 e. The van der Waals surface area contributed by atoms with Crippen LogP contribution in [0.15, 0.2) is 4.52 Å². The van der Waals surface area contributed by atoms with Crippen LogP contribution in [-0.4, -0.2) is 40.2 Å². The van der Waals surface area contributed by atoms with Crippen molar-refractivity contribution in [3.05, 3.63) is 11.7 Å². The van der Waals surface area contributed by atoms with Crippen molar-refractivity contribution in [2.45, 2.75) is 52.2 Å². The Balaban J connectivity index is 1.69. The van der Waals surface area contributed by atoms with Gasteiger partial charge in [-0.15, -0.1) is 0 Å². The molecule has 1 N–H and O–H groups in total. The van der Waals surface area contributed by atoms with Crippen LogP contribution in [0.5, 0.6) is 0 Å². The molecule has 0 radical (unpaired) electrons. The molecule has 2 unspecified atom stereocenters. The van der Waals surface area contributed by atoms with Gasteiger partial charge in [0.25, 0.3) is 0 Å². The molecule has 1 aliphatic carbocycles. The van der Waals surface area contributed by atoms with Gasteiger partial charge in [0, 0.05) is 25.2 Å². The fourth-order valence-electron chi connectivity index (χ4n) is 3.09. The van der Waals surface area contributed by atoms with Gasteiger partial charge in [-0.25, -0.2) is 0 Å². The van der Waals surface area contributed by atoms with Crippen LogP contribution in [-0.2, 0) is 6.54 Å². The van der Waals surface area contributed by atoms with Gasteiger partial charge in [0.1, 0.15) is 0 Å². The van der Waals surface area contributed by atoms with Gasteiger partial charge < -0.3 is 9.84 Å². The van der Waals surface area contributed by atoms with Crippen molar-refractivity contribution in [2.24, 2.45) is 11.8 Å². The third-order valence-corrected chi connectivity index (χ3v) is 4.36. The molecule has 0 spiro atoms. The average molecular weight is 264 g/mol. The van der Waals surface area contributed by atoms with Gasteiger partial charge in [0.15, 0.2) is 5.82 Å². The fraction of sp³-hybridized carbons (Fsp3) is 0.857. The predicted octanol–water partition coefficient (Wildman–Crippen LogP) is 1.59. The molecule has 0 aromatic carbocycles. The van der Waals surface area contributed by atoms with E-state index >= 15 is 0 Å². The van der Waals surface area contributed by atoms with Crippen molar-refractivity contribution in [3.63, 3.8) is 0 Å². The maximum atomic E-state index is 5.28. The van der Waals surface area contributed by atoms with E-state index in [1.54, 1.807) is 0 Å². The number of hydrogen-bond acceptors (Lipinski definition) is 5. The van der Waals surface area contributed by atoms with Crippen LogP contribution in [0.25, 0.3) is 0 Å². The zero-order valence-electron chi connectivity index (χ0n) is 12.1. The van der Waals surface area contributed by atoms with E-state index in [1.807, 2.05) is 6.92 Å². The number of hydrogen-bond donors (Lipinski definition) is 1. The van der Waals surface area contributed by atoms with E-state index < -0.39 is 0 Å². The first-order valence-corrected chi connectivity index (χ1v) is 7.40. The number of aromatic nitrogens is 2. The third-order valence-electron chi connectivity index (χ3n) is 4.36. The lowest BCUT2D eigenvalue weighted by molar-refractivity contribution is 0.0747. The van der Waals surface area contributed by atoms with Crippen LogP contribution in [0, 0.1) is 18.8 Å². The second-order valence-electron chi connectivity index (χ2n) is 6.33. The highest BCUT2D eigenvalue weighted by Crippen LogP contribution is 2.35. The summed E-state index contributed by atoms with van der Waals surface area (Å²) in [5.41, 5.74) is 0. The summed E-state index contributed by atoms with van der Waals surface area (Å²) < 4.78 is 5.28. The van der Waals surface area contributed by atoms with E-state index in [-0.39, 0.29) is 0 Å². The summed E-state index contributed by atoms with van der Waals surface area (Å²) in [6.45, 7) is 9.42. The molecule has 2 heterocycles. The molecule has 1 saturated carbocycles. The Kier molecular flexibility index (Phi) is 3.58. The number of nitrogens with zero attached hydrogens (tertiary/aromatic N) is 3. The van der Waals surface area contributed by atoms with Gasteiger partial charge in [0.05, 0.1) is 6.54 Å². The average Bonchev–Trinajstić information content (AvgIpc) is 3.14. The Labute approximate surface area is 114 Å². The normalized spacial score (nSPS) is 29.1. The molecule has 1 aromatic heterocycles. The van der Waals surface area contributed by atoms with Crippen LogP contribution in [0.3, 0.4) is 0 Å². The topological polar surface area (TPSA) is 54.2 Å². The van der Waals surface area contributed by atoms with Gasteiger partial charge in [-0.1, -0.05) is 19.0 Å². The second kappa shape index (κ2) is 5.21. The highest BCUT2D eigenvalue weighted by atomic mass is 16.5. The smallest absolute Gasteiger partial charge is 0.240 e. The second-order valence-corrected chi connectivity index (χ2v) is 6.33. The molecule has 5 nitrogen and oxygen atoms in total. The molecular weight excluding hydrogens is 240 g/mol. The maximum absolute atomic E-state index is 5.28. The Morgan fingerprint density at radius 1 is 1.42 bits per heavy atom. The summed E-state index contributed by atoms with van der Waals surface area (Å²) in [7, 11) is 0. The molecular formula is C14H24N4O. The Bertz CT molecular complexity index is 427. The lowest BCUT2D eigenvalue weighted by Gasteiger charge is -2.42. The zero-order chi connectivity index (χ0) is 13.4. The lowest BCUT2D eigenvalue weighted by atomic mass is 9.97. The summed E-state index contributed by atoms with van der Waals surface area (Å²) in [5, 5.41) is 7.62. The summed E-state index contributed by atoms with van der Waals surface area (Å²) in [4.78, 5) is 6.87. The van der Waals surface area contributed by atoms with Gasteiger partial charge in [-0.3, -0.25) is 4.90 Å². The SMILES string of the molecule is Cc1noc(CN2CC(C3CC3)NCC2C(C)C)n1. The first-order valence-electron chi connectivity index (χ1n) is 7.40. The van der Waals surface area contributed by atoms with Crippen molar-refractivity contribution < 1.29 is 4.52 Å². The molecule has 2 atom stereocenters. The van der Waals surface area contributed by atoms with E-state index in [0.717, 1.165) is 37.3 Å². The van der Waals surface area contributed by atoms with Crippen LogP contribution >= 0.6 is 0 Å². The van der Waals surface area contributed by atoms with Crippen LogP contribution in [0.1, 0.15) is 38.4 Å². The molecule has 19 heavy (non-hydrogen) atoms. The van der Waals surface area contributed by atoms with E-state index in [9.17, 15) is 0 Å². The Morgan fingerprint density at radius 3 is 2.79 bits per heavy atom. The van der Waals surface area contributed by atoms with E-state index in [4.69, 9.17) is 4.52 Å². The molecule has 2 aliphatic rings. The Morgan fingerprint density at radius 2 is 2.21 bits per heavy atom. The zero-order valence-corrected chi connectivity index (χ0v) is 12.1. The quantitative estimate of drug-likeness (QED) is 0.895. The van der Waals surface area contributed by atoms with Crippen molar-refractivity contribution in [1.29, 1.82) is 0 Å². The standard InChI is InChI=1S/C14H24N4O/c1-9(2)13-6-15-12(11-4-5-11)7-18(13)8-14-16-10(3)17-19-14/h9,11-13,15H,4-8H2,1-3H3. The fourth-order valence-corrected chi connectivity index (χ4v) is 3.09. The number of piperazine rings is 1. The Hall–Kier alpha value is -0.940. The maximum Gasteiger partial charge on any atom is 0.240 e. The third kappa shape index (κ3) is 2.98. The molecule has 5 heteroatoms. The summed E-state index contributed by atoms with van der Waals surface area (Å²) in [5.74, 6) is 3.00. The molecule has 3 rings (SSSR count). The van der Waals surface area contributed by atoms with Crippen LogP contribution < -0.4 is 5.32 Å².